The van der Waals surface area contributed by atoms with Crippen LogP contribution in [-0.2, 0) is 17.9 Å². The molecule has 0 unspecified atom stereocenters. The maximum absolute atomic E-state index is 12.8. The summed E-state index contributed by atoms with van der Waals surface area (Å²) in [5.41, 5.74) is -0.592. The first kappa shape index (κ1) is 18.9. The highest BCUT2D eigenvalue weighted by Crippen LogP contribution is 2.38. The van der Waals surface area contributed by atoms with E-state index in [1.54, 1.807) is 0 Å². The van der Waals surface area contributed by atoms with Crippen LogP contribution in [0.15, 0.2) is 18.2 Å². The topological polar surface area (TPSA) is 60.2 Å². The molecule has 0 fully saturated rings. The molecular weight excluding hydrogens is 332 g/mol. The lowest BCUT2D eigenvalue weighted by atomic mass is 9.99. The van der Waals surface area contributed by atoms with Gasteiger partial charge in [-0.25, -0.2) is 4.39 Å². The third-order valence-electron chi connectivity index (χ3n) is 3.06. The summed E-state index contributed by atoms with van der Waals surface area (Å²) in [6.45, 7) is -1.14. The van der Waals surface area contributed by atoms with Crippen molar-refractivity contribution in [3.63, 3.8) is 0 Å². The summed E-state index contributed by atoms with van der Waals surface area (Å²) in [4.78, 5) is 21.3. The largest absolute Gasteiger partial charge is 0.453 e. The molecule has 23 heavy (non-hydrogen) atoms. The van der Waals surface area contributed by atoms with E-state index < -0.39 is 54.4 Å². The number of hydrogen-bond donors (Lipinski definition) is 0. The molecule has 0 radical (unpaired) electrons. The van der Waals surface area contributed by atoms with Crippen LogP contribution in [-0.4, -0.2) is 22.8 Å². The number of carbonyl (C=O) groups is 1. The zero-order valence-corrected chi connectivity index (χ0v) is 11.5. The van der Waals surface area contributed by atoms with Crippen LogP contribution in [0, 0.1) is 10.1 Å². The number of non-ortho nitro benzene ring substituents is 1. The van der Waals surface area contributed by atoms with Crippen molar-refractivity contribution in [1.29, 1.82) is 0 Å². The zero-order valence-electron chi connectivity index (χ0n) is 11.5. The average molecular weight is 343 g/mol. The molecule has 0 atom stereocenters. The second kappa shape index (κ2) is 6.97. The van der Waals surface area contributed by atoms with Crippen molar-refractivity contribution in [3.05, 3.63) is 39.4 Å². The number of benzene rings is 1. The SMILES string of the molecule is O=C(CCC(F)(F)C(F)(F)F)Cc1ccc([N+](=O)[O-])cc1CF. The van der Waals surface area contributed by atoms with E-state index >= 15 is 0 Å². The predicted molar refractivity (Wildman–Crippen MR) is 66.9 cm³/mol. The Labute approximate surface area is 126 Å². The molecule has 0 aromatic heterocycles. The summed E-state index contributed by atoms with van der Waals surface area (Å²) >= 11 is 0. The van der Waals surface area contributed by atoms with Crippen molar-refractivity contribution in [2.45, 2.75) is 38.0 Å². The van der Waals surface area contributed by atoms with E-state index in [0.717, 1.165) is 18.2 Å². The summed E-state index contributed by atoms with van der Waals surface area (Å²) < 4.78 is 74.1. The van der Waals surface area contributed by atoms with Crippen molar-refractivity contribution < 1.29 is 36.1 Å². The van der Waals surface area contributed by atoms with Crippen molar-refractivity contribution in [2.24, 2.45) is 0 Å². The summed E-state index contributed by atoms with van der Waals surface area (Å²) in [5, 5.41) is 10.5. The van der Waals surface area contributed by atoms with Crippen LogP contribution in [0.1, 0.15) is 24.0 Å². The molecule has 1 aromatic carbocycles. The standard InChI is InChI=1S/C13H11F6NO3/c14-7-9-5-10(20(22)23)2-1-8(9)6-11(21)3-4-12(15,16)13(17,18)19/h1-2,5H,3-4,6-7H2. The van der Waals surface area contributed by atoms with Gasteiger partial charge >= 0.3 is 12.1 Å². The molecule has 0 N–H and O–H groups in total. The third-order valence-corrected chi connectivity index (χ3v) is 3.06. The summed E-state index contributed by atoms with van der Waals surface area (Å²) in [7, 11) is 0. The average Bonchev–Trinajstić information content (AvgIpc) is 2.44. The van der Waals surface area contributed by atoms with Gasteiger partial charge < -0.3 is 0 Å². The minimum Gasteiger partial charge on any atom is -0.299 e. The van der Waals surface area contributed by atoms with Crippen LogP contribution in [0.25, 0.3) is 0 Å². The van der Waals surface area contributed by atoms with E-state index in [-0.39, 0.29) is 11.1 Å². The number of Topliss-reactive ketones (excluding diaryl/α,β-unsaturated/α-hetero) is 1. The monoisotopic (exact) mass is 343 g/mol. The lowest BCUT2D eigenvalue weighted by molar-refractivity contribution is -0.384. The van der Waals surface area contributed by atoms with Crippen molar-refractivity contribution in [1.82, 2.24) is 0 Å². The van der Waals surface area contributed by atoms with Gasteiger partial charge in [0.2, 0.25) is 0 Å². The fourth-order valence-electron chi connectivity index (χ4n) is 1.76. The molecule has 0 bridgehead atoms. The minimum atomic E-state index is -5.75. The van der Waals surface area contributed by atoms with Gasteiger partial charge in [0.25, 0.3) is 5.69 Å². The van der Waals surface area contributed by atoms with Crippen LogP contribution in [0.3, 0.4) is 0 Å². The lowest BCUT2D eigenvalue weighted by Crippen LogP contribution is -2.36. The molecule has 4 nitrogen and oxygen atoms in total. The quantitative estimate of drug-likeness (QED) is 0.424. The number of nitrogens with zero attached hydrogens (tertiary/aromatic N) is 1. The highest BCUT2D eigenvalue weighted by atomic mass is 19.4. The zero-order chi connectivity index (χ0) is 17.8. The molecule has 0 amide bonds. The summed E-state index contributed by atoms with van der Waals surface area (Å²) in [5.74, 6) is -5.93. The molecule has 0 heterocycles. The first-order valence-corrected chi connectivity index (χ1v) is 6.26. The highest BCUT2D eigenvalue weighted by molar-refractivity contribution is 5.81. The number of rotatable bonds is 7. The first-order valence-electron chi connectivity index (χ1n) is 6.26. The Bertz CT molecular complexity index is 600. The number of halogens is 6. The second-order valence-corrected chi connectivity index (χ2v) is 4.76. The van der Waals surface area contributed by atoms with Gasteiger partial charge in [0, 0.05) is 31.4 Å². The van der Waals surface area contributed by atoms with E-state index in [1.807, 2.05) is 0 Å². The smallest absolute Gasteiger partial charge is 0.299 e. The minimum absolute atomic E-state index is 0.0124. The van der Waals surface area contributed by atoms with E-state index in [9.17, 15) is 41.3 Å². The van der Waals surface area contributed by atoms with Crippen molar-refractivity contribution in [3.8, 4) is 0 Å². The molecule has 0 spiro atoms. The van der Waals surface area contributed by atoms with Crippen molar-refractivity contribution in [2.75, 3.05) is 0 Å². The van der Waals surface area contributed by atoms with Crippen LogP contribution in [0.4, 0.5) is 32.0 Å². The Hall–Kier alpha value is -2.13. The van der Waals surface area contributed by atoms with Gasteiger partial charge in [-0.1, -0.05) is 6.07 Å². The Morgan fingerprint density at radius 1 is 1.13 bits per heavy atom. The van der Waals surface area contributed by atoms with E-state index in [1.165, 1.54) is 0 Å². The van der Waals surface area contributed by atoms with Gasteiger partial charge in [0.15, 0.2) is 0 Å². The number of nitro benzene ring substituents is 1. The molecule has 0 aliphatic rings. The predicted octanol–water partition coefficient (Wildman–Crippen LogP) is 4.15. The Kier molecular flexibility index (Phi) is 5.73. The first-order chi connectivity index (χ1) is 10.5. The Morgan fingerprint density at radius 2 is 1.74 bits per heavy atom. The molecule has 0 aliphatic heterocycles. The third kappa shape index (κ3) is 4.93. The van der Waals surface area contributed by atoms with E-state index in [2.05, 4.69) is 0 Å². The van der Waals surface area contributed by atoms with Gasteiger partial charge in [0.1, 0.15) is 12.5 Å². The van der Waals surface area contributed by atoms with Crippen molar-refractivity contribution >= 4 is 11.5 Å². The molecule has 0 saturated heterocycles. The number of carbonyl (C=O) groups excluding carboxylic acids is 1. The normalized spacial score (nSPS) is 12.3. The molecule has 128 valence electrons. The summed E-state index contributed by atoms with van der Waals surface area (Å²) in [6, 6.07) is 2.95. The van der Waals surface area contributed by atoms with E-state index in [0.29, 0.717) is 0 Å². The molecular formula is C13H11F6NO3. The molecule has 10 heteroatoms. The fraction of sp³-hybridized carbons (Fsp3) is 0.462. The second-order valence-electron chi connectivity index (χ2n) is 4.76. The Balaban J connectivity index is 2.77. The van der Waals surface area contributed by atoms with Gasteiger partial charge in [-0.05, 0) is 11.1 Å². The number of ketones is 1. The van der Waals surface area contributed by atoms with Gasteiger partial charge in [0.05, 0.1) is 4.92 Å². The van der Waals surface area contributed by atoms with Crippen LogP contribution >= 0.6 is 0 Å². The van der Waals surface area contributed by atoms with Gasteiger partial charge in [-0.3, -0.25) is 14.9 Å². The number of alkyl halides is 6. The maximum atomic E-state index is 12.8. The lowest BCUT2D eigenvalue weighted by Gasteiger charge is -2.18. The fourth-order valence-corrected chi connectivity index (χ4v) is 1.76. The Morgan fingerprint density at radius 3 is 2.22 bits per heavy atom. The number of nitro groups is 1. The highest BCUT2D eigenvalue weighted by Gasteiger charge is 2.56. The van der Waals surface area contributed by atoms with Gasteiger partial charge in [-0.2, -0.15) is 22.0 Å². The molecule has 0 saturated carbocycles. The summed E-state index contributed by atoms with van der Waals surface area (Å²) in [6.07, 6.45) is -9.07. The van der Waals surface area contributed by atoms with Crippen LogP contribution in [0.5, 0.6) is 0 Å². The molecule has 0 aliphatic carbocycles. The molecule has 1 rings (SSSR count). The van der Waals surface area contributed by atoms with E-state index in [4.69, 9.17) is 0 Å². The van der Waals surface area contributed by atoms with Gasteiger partial charge in [-0.15, -0.1) is 0 Å². The van der Waals surface area contributed by atoms with Crippen LogP contribution < -0.4 is 0 Å². The number of hydrogen-bond acceptors (Lipinski definition) is 3. The van der Waals surface area contributed by atoms with Crippen LogP contribution in [0.2, 0.25) is 0 Å². The maximum Gasteiger partial charge on any atom is 0.453 e. The molecule has 1 aromatic rings.